The van der Waals surface area contributed by atoms with E-state index >= 15 is 0 Å². The molecule has 0 radical (unpaired) electrons. The molecule has 20 heavy (non-hydrogen) atoms. The average molecular weight is 277 g/mol. The largest absolute Gasteiger partial charge is 0.450 e. The Morgan fingerprint density at radius 1 is 1.50 bits per heavy atom. The highest BCUT2D eigenvalue weighted by atomic mass is 16.5. The van der Waals surface area contributed by atoms with Crippen molar-refractivity contribution in [1.29, 1.82) is 0 Å². The summed E-state index contributed by atoms with van der Waals surface area (Å²) < 4.78 is 4.86. The quantitative estimate of drug-likeness (QED) is 0.907. The van der Waals surface area contributed by atoms with E-state index in [0.29, 0.717) is 25.4 Å². The van der Waals surface area contributed by atoms with Crippen LogP contribution in [0.15, 0.2) is 24.4 Å². The molecule has 108 valence electrons. The molecule has 2 rings (SSSR count). The van der Waals surface area contributed by atoms with Crippen LogP contribution in [0.4, 0.5) is 4.79 Å². The molecule has 2 amide bonds. The van der Waals surface area contributed by atoms with Crippen LogP contribution in [-0.2, 0) is 4.74 Å². The molecular weight excluding hydrogens is 258 g/mol. The summed E-state index contributed by atoms with van der Waals surface area (Å²) in [7, 11) is 0. The lowest BCUT2D eigenvalue weighted by atomic mass is 10.1. The number of nitrogens with one attached hydrogen (secondary N) is 1. The number of aromatic nitrogens is 1. The highest BCUT2D eigenvalue weighted by Gasteiger charge is 2.26. The summed E-state index contributed by atoms with van der Waals surface area (Å²) in [5.74, 6) is -0.0963. The zero-order chi connectivity index (χ0) is 14.4. The lowest BCUT2D eigenvalue weighted by Gasteiger charge is -2.32. The van der Waals surface area contributed by atoms with E-state index in [2.05, 4.69) is 10.3 Å². The van der Waals surface area contributed by atoms with Gasteiger partial charge in [-0.1, -0.05) is 6.07 Å². The minimum absolute atomic E-state index is 0.0598. The summed E-state index contributed by atoms with van der Waals surface area (Å²) in [6, 6.07) is 5.21. The minimum Gasteiger partial charge on any atom is -0.450 e. The molecule has 1 fully saturated rings. The van der Waals surface area contributed by atoms with Gasteiger partial charge in [0.1, 0.15) is 5.69 Å². The number of carbonyl (C=O) groups is 2. The molecule has 2 heterocycles. The second-order valence-electron chi connectivity index (χ2n) is 4.67. The Balaban J connectivity index is 1.93. The highest BCUT2D eigenvalue weighted by molar-refractivity contribution is 5.92. The van der Waals surface area contributed by atoms with Crippen molar-refractivity contribution in [3.63, 3.8) is 0 Å². The van der Waals surface area contributed by atoms with E-state index in [1.807, 2.05) is 0 Å². The topological polar surface area (TPSA) is 71.5 Å². The van der Waals surface area contributed by atoms with Crippen molar-refractivity contribution >= 4 is 12.0 Å². The Morgan fingerprint density at radius 3 is 3.05 bits per heavy atom. The van der Waals surface area contributed by atoms with Gasteiger partial charge in [-0.25, -0.2) is 4.79 Å². The molecule has 1 aliphatic heterocycles. The third-order valence-corrected chi connectivity index (χ3v) is 3.19. The van der Waals surface area contributed by atoms with Crippen LogP contribution in [0.1, 0.15) is 30.3 Å². The van der Waals surface area contributed by atoms with Crippen LogP contribution in [-0.4, -0.2) is 47.6 Å². The van der Waals surface area contributed by atoms with Crippen molar-refractivity contribution in [2.45, 2.75) is 25.8 Å². The molecule has 0 spiro atoms. The molecule has 0 saturated carbocycles. The SMILES string of the molecule is CCOC(=O)N[C@@H]1CCCN(C(=O)c2ccccn2)C1. The number of alkyl carbamates (subject to hydrolysis) is 1. The Kier molecular flexibility index (Phi) is 4.92. The third kappa shape index (κ3) is 3.69. The molecular formula is C14H19N3O3. The zero-order valence-electron chi connectivity index (χ0n) is 11.5. The van der Waals surface area contributed by atoms with Gasteiger partial charge in [-0.15, -0.1) is 0 Å². The molecule has 1 saturated heterocycles. The zero-order valence-corrected chi connectivity index (χ0v) is 11.5. The van der Waals surface area contributed by atoms with Crippen molar-refractivity contribution in [2.24, 2.45) is 0 Å². The van der Waals surface area contributed by atoms with Crippen molar-refractivity contribution in [3.8, 4) is 0 Å². The first kappa shape index (κ1) is 14.3. The lowest BCUT2D eigenvalue weighted by molar-refractivity contribution is 0.0680. The molecule has 0 bridgehead atoms. The van der Waals surface area contributed by atoms with Crippen LogP contribution in [0.25, 0.3) is 0 Å². The second-order valence-corrected chi connectivity index (χ2v) is 4.67. The van der Waals surface area contributed by atoms with Crippen LogP contribution in [0.3, 0.4) is 0 Å². The van der Waals surface area contributed by atoms with Gasteiger partial charge in [0.05, 0.1) is 6.61 Å². The molecule has 0 unspecified atom stereocenters. The maximum Gasteiger partial charge on any atom is 0.407 e. The number of nitrogens with zero attached hydrogens (tertiary/aromatic N) is 2. The van der Waals surface area contributed by atoms with Gasteiger partial charge in [-0.3, -0.25) is 9.78 Å². The van der Waals surface area contributed by atoms with Crippen molar-refractivity contribution in [3.05, 3.63) is 30.1 Å². The second kappa shape index (κ2) is 6.88. The molecule has 0 aliphatic carbocycles. The summed E-state index contributed by atoms with van der Waals surface area (Å²) in [5.41, 5.74) is 0.435. The first-order chi connectivity index (χ1) is 9.70. The predicted octanol–water partition coefficient (Wildman–Crippen LogP) is 1.43. The molecule has 6 heteroatoms. The summed E-state index contributed by atoms with van der Waals surface area (Å²) in [5, 5.41) is 2.78. The first-order valence-electron chi connectivity index (χ1n) is 6.84. The van der Waals surface area contributed by atoms with Crippen molar-refractivity contribution in [1.82, 2.24) is 15.2 Å². The van der Waals surface area contributed by atoms with E-state index in [4.69, 9.17) is 4.74 Å². The maximum atomic E-state index is 12.3. The number of hydrogen-bond donors (Lipinski definition) is 1. The summed E-state index contributed by atoms with van der Waals surface area (Å²) in [4.78, 5) is 29.5. The summed E-state index contributed by atoms with van der Waals surface area (Å²) in [6.45, 7) is 3.29. The van der Waals surface area contributed by atoms with Crippen LogP contribution in [0.2, 0.25) is 0 Å². The fourth-order valence-electron chi connectivity index (χ4n) is 2.27. The fourth-order valence-corrected chi connectivity index (χ4v) is 2.27. The Hall–Kier alpha value is -2.11. The first-order valence-corrected chi connectivity index (χ1v) is 6.84. The Morgan fingerprint density at radius 2 is 2.35 bits per heavy atom. The maximum absolute atomic E-state index is 12.3. The number of ether oxygens (including phenoxy) is 1. The van der Waals surface area contributed by atoms with Gasteiger partial charge in [0.2, 0.25) is 0 Å². The van der Waals surface area contributed by atoms with Gasteiger partial charge in [0.25, 0.3) is 5.91 Å². The monoisotopic (exact) mass is 277 g/mol. The predicted molar refractivity (Wildman–Crippen MR) is 73.3 cm³/mol. The van der Waals surface area contributed by atoms with Gasteiger partial charge < -0.3 is 15.0 Å². The average Bonchev–Trinajstić information content (AvgIpc) is 2.48. The number of pyridine rings is 1. The van der Waals surface area contributed by atoms with E-state index in [-0.39, 0.29) is 11.9 Å². The Bertz CT molecular complexity index is 464. The van der Waals surface area contributed by atoms with E-state index in [0.717, 1.165) is 12.8 Å². The number of piperidine rings is 1. The van der Waals surface area contributed by atoms with Crippen LogP contribution in [0.5, 0.6) is 0 Å². The van der Waals surface area contributed by atoms with Crippen LogP contribution < -0.4 is 5.32 Å². The highest BCUT2D eigenvalue weighted by Crippen LogP contribution is 2.13. The molecule has 1 aromatic heterocycles. The van der Waals surface area contributed by atoms with Gasteiger partial charge >= 0.3 is 6.09 Å². The number of likely N-dealkylation sites (tertiary alicyclic amines) is 1. The fraction of sp³-hybridized carbons (Fsp3) is 0.500. The van der Waals surface area contributed by atoms with Crippen LogP contribution >= 0.6 is 0 Å². The lowest BCUT2D eigenvalue weighted by Crippen LogP contribution is -2.49. The van der Waals surface area contributed by atoms with Gasteiger partial charge in [0, 0.05) is 25.3 Å². The van der Waals surface area contributed by atoms with Gasteiger partial charge in [-0.05, 0) is 31.9 Å². The number of carbonyl (C=O) groups excluding carboxylic acids is 2. The molecule has 0 aromatic carbocycles. The molecule has 6 nitrogen and oxygen atoms in total. The van der Waals surface area contributed by atoms with E-state index in [9.17, 15) is 9.59 Å². The molecule has 1 aromatic rings. The number of rotatable bonds is 3. The smallest absolute Gasteiger partial charge is 0.407 e. The minimum atomic E-state index is -0.426. The number of hydrogen-bond acceptors (Lipinski definition) is 4. The van der Waals surface area contributed by atoms with E-state index < -0.39 is 6.09 Å². The van der Waals surface area contributed by atoms with E-state index in [1.54, 1.807) is 36.2 Å². The summed E-state index contributed by atoms with van der Waals surface area (Å²) >= 11 is 0. The number of amides is 2. The summed E-state index contributed by atoms with van der Waals surface area (Å²) in [6.07, 6.45) is 2.89. The van der Waals surface area contributed by atoms with E-state index in [1.165, 1.54) is 0 Å². The van der Waals surface area contributed by atoms with Crippen molar-refractivity contribution in [2.75, 3.05) is 19.7 Å². The van der Waals surface area contributed by atoms with Crippen LogP contribution in [0, 0.1) is 0 Å². The molecule has 1 N–H and O–H groups in total. The third-order valence-electron chi connectivity index (χ3n) is 3.19. The molecule has 1 aliphatic rings. The van der Waals surface area contributed by atoms with Gasteiger partial charge in [-0.2, -0.15) is 0 Å². The van der Waals surface area contributed by atoms with Gasteiger partial charge in [0.15, 0.2) is 0 Å². The molecule has 1 atom stereocenters. The standard InChI is InChI=1S/C14H19N3O3/c1-2-20-14(19)16-11-6-5-9-17(10-11)13(18)12-7-3-4-8-15-12/h3-4,7-8,11H,2,5-6,9-10H2,1H3,(H,16,19)/t11-/m1/s1. The normalized spacial score (nSPS) is 18.4. The van der Waals surface area contributed by atoms with Crippen molar-refractivity contribution < 1.29 is 14.3 Å². The Labute approximate surface area is 118 Å².